The molecule has 3 heteroatoms. The van der Waals surface area contributed by atoms with Crippen molar-refractivity contribution in [1.29, 1.82) is 0 Å². The average Bonchev–Trinajstić information content (AvgIpc) is 2.05. The van der Waals surface area contributed by atoms with Crippen molar-refractivity contribution >= 4 is 10.8 Å². The zero-order valence-electron chi connectivity index (χ0n) is 6.93. The van der Waals surface area contributed by atoms with Crippen LogP contribution in [0.1, 0.15) is 6.92 Å². The summed E-state index contributed by atoms with van der Waals surface area (Å²) >= 11 is 0. The van der Waals surface area contributed by atoms with Crippen LogP contribution in [0.3, 0.4) is 0 Å². The topological polar surface area (TPSA) is 37.3 Å². The molecule has 0 saturated heterocycles. The van der Waals surface area contributed by atoms with Crippen LogP contribution in [-0.2, 0) is 10.8 Å². The van der Waals surface area contributed by atoms with Crippen LogP contribution in [-0.4, -0.2) is 21.2 Å². The largest absolute Gasteiger partial charge is 0.392 e. The lowest BCUT2D eigenvalue weighted by Crippen LogP contribution is -2.12. The molecule has 0 aliphatic heterocycles. The number of aliphatic hydroxyl groups excluding tert-OH is 1. The Hall–Kier alpha value is -0.670. The molecule has 1 aromatic carbocycles. The van der Waals surface area contributed by atoms with E-state index in [0.29, 0.717) is 5.75 Å². The van der Waals surface area contributed by atoms with Gasteiger partial charge in [0.25, 0.3) is 0 Å². The third-order valence-electron chi connectivity index (χ3n) is 1.40. The van der Waals surface area contributed by atoms with E-state index in [0.717, 1.165) is 4.90 Å². The lowest BCUT2D eigenvalue weighted by atomic mass is 10.4. The maximum absolute atomic E-state index is 11.4. The Bertz CT molecular complexity index is 256. The van der Waals surface area contributed by atoms with E-state index in [1.54, 1.807) is 19.1 Å². The first-order chi connectivity index (χ1) is 5.70. The Morgan fingerprint density at radius 1 is 1.42 bits per heavy atom. The molecule has 66 valence electrons. The first-order valence-electron chi connectivity index (χ1n) is 3.81. The monoisotopic (exact) mass is 184 g/mol. The van der Waals surface area contributed by atoms with Gasteiger partial charge in [0, 0.05) is 4.90 Å². The van der Waals surface area contributed by atoms with Crippen LogP contribution in [0.25, 0.3) is 0 Å². The van der Waals surface area contributed by atoms with Gasteiger partial charge in [-0.2, -0.15) is 0 Å². The summed E-state index contributed by atoms with van der Waals surface area (Å²) in [6.45, 7) is 1.64. The molecule has 2 nitrogen and oxygen atoms in total. The highest BCUT2D eigenvalue weighted by Gasteiger charge is 2.05. The van der Waals surface area contributed by atoms with Crippen molar-refractivity contribution in [2.24, 2.45) is 0 Å². The molecule has 0 unspecified atom stereocenters. The second kappa shape index (κ2) is 4.38. The predicted molar refractivity (Wildman–Crippen MR) is 49.4 cm³/mol. The van der Waals surface area contributed by atoms with E-state index in [9.17, 15) is 4.21 Å². The van der Waals surface area contributed by atoms with E-state index in [1.165, 1.54) is 0 Å². The fraction of sp³-hybridized carbons (Fsp3) is 0.333. The molecule has 0 fully saturated rings. The second-order valence-corrected chi connectivity index (χ2v) is 4.17. The van der Waals surface area contributed by atoms with E-state index in [4.69, 9.17) is 5.11 Å². The standard InChI is InChI=1S/C9H12O2S/c1-8(10)7-12(11)9-5-3-2-4-6-9/h2-6,8,10H,7H2,1H3/t8-,12+/m1/s1. The van der Waals surface area contributed by atoms with E-state index in [-0.39, 0.29) is 0 Å². The highest BCUT2D eigenvalue weighted by Crippen LogP contribution is 2.06. The predicted octanol–water partition coefficient (Wildman–Crippen LogP) is 1.18. The summed E-state index contributed by atoms with van der Waals surface area (Å²) in [7, 11) is -1.06. The zero-order chi connectivity index (χ0) is 8.97. The van der Waals surface area contributed by atoms with Crippen molar-refractivity contribution in [2.45, 2.75) is 17.9 Å². The lowest BCUT2D eigenvalue weighted by molar-refractivity contribution is 0.219. The van der Waals surface area contributed by atoms with E-state index < -0.39 is 16.9 Å². The normalized spacial score (nSPS) is 15.5. The van der Waals surface area contributed by atoms with Gasteiger partial charge in [-0.3, -0.25) is 4.21 Å². The maximum atomic E-state index is 11.4. The number of hydrogen-bond donors (Lipinski definition) is 1. The fourth-order valence-electron chi connectivity index (χ4n) is 0.888. The Morgan fingerprint density at radius 2 is 2.00 bits per heavy atom. The Kier molecular flexibility index (Phi) is 3.44. The van der Waals surface area contributed by atoms with Gasteiger partial charge >= 0.3 is 0 Å². The van der Waals surface area contributed by atoms with Crippen molar-refractivity contribution in [2.75, 3.05) is 5.75 Å². The molecule has 0 aliphatic carbocycles. The summed E-state index contributed by atoms with van der Waals surface area (Å²) in [5, 5.41) is 8.99. The summed E-state index contributed by atoms with van der Waals surface area (Å²) in [5.41, 5.74) is 0. The fourth-order valence-corrected chi connectivity index (χ4v) is 1.98. The van der Waals surface area contributed by atoms with Gasteiger partial charge in [0.05, 0.1) is 22.7 Å². The molecule has 0 saturated carbocycles. The molecule has 2 atom stereocenters. The molecule has 0 radical (unpaired) electrons. The molecule has 0 spiro atoms. The van der Waals surface area contributed by atoms with Crippen LogP contribution in [0.2, 0.25) is 0 Å². The van der Waals surface area contributed by atoms with Gasteiger partial charge in [0.15, 0.2) is 0 Å². The van der Waals surface area contributed by atoms with Crippen LogP contribution < -0.4 is 0 Å². The van der Waals surface area contributed by atoms with Gasteiger partial charge in [-0.1, -0.05) is 18.2 Å². The maximum Gasteiger partial charge on any atom is 0.0630 e. The quantitative estimate of drug-likeness (QED) is 0.765. The molecule has 0 aromatic heterocycles. The van der Waals surface area contributed by atoms with Crippen molar-refractivity contribution in [1.82, 2.24) is 0 Å². The highest BCUT2D eigenvalue weighted by molar-refractivity contribution is 7.85. The van der Waals surface area contributed by atoms with E-state index in [1.807, 2.05) is 18.2 Å². The van der Waals surface area contributed by atoms with Gasteiger partial charge in [-0.05, 0) is 19.1 Å². The van der Waals surface area contributed by atoms with Crippen molar-refractivity contribution < 1.29 is 9.32 Å². The molecule has 0 aliphatic rings. The van der Waals surface area contributed by atoms with Crippen molar-refractivity contribution in [3.05, 3.63) is 30.3 Å². The third kappa shape index (κ3) is 2.75. The molecule has 1 aromatic rings. The Morgan fingerprint density at radius 3 is 2.50 bits per heavy atom. The minimum Gasteiger partial charge on any atom is -0.392 e. The number of aliphatic hydroxyl groups is 1. The third-order valence-corrected chi connectivity index (χ3v) is 2.98. The van der Waals surface area contributed by atoms with Crippen LogP contribution in [0, 0.1) is 0 Å². The van der Waals surface area contributed by atoms with Crippen LogP contribution in [0.4, 0.5) is 0 Å². The molecule has 0 bridgehead atoms. The summed E-state index contributed by atoms with van der Waals surface area (Å²) in [4.78, 5) is 0.776. The van der Waals surface area contributed by atoms with E-state index in [2.05, 4.69) is 0 Å². The first kappa shape index (κ1) is 9.42. The van der Waals surface area contributed by atoms with Gasteiger partial charge < -0.3 is 5.11 Å². The van der Waals surface area contributed by atoms with Gasteiger partial charge in [-0.15, -0.1) is 0 Å². The smallest absolute Gasteiger partial charge is 0.0630 e. The average molecular weight is 184 g/mol. The summed E-state index contributed by atoms with van der Waals surface area (Å²) in [6.07, 6.45) is -0.508. The Balaban J connectivity index is 2.66. The Labute approximate surface area is 74.7 Å². The number of benzene rings is 1. The zero-order valence-corrected chi connectivity index (χ0v) is 7.75. The van der Waals surface area contributed by atoms with Crippen molar-refractivity contribution in [3.8, 4) is 0 Å². The van der Waals surface area contributed by atoms with E-state index >= 15 is 0 Å². The lowest BCUT2D eigenvalue weighted by Gasteiger charge is -2.03. The number of hydrogen-bond acceptors (Lipinski definition) is 2. The molecule has 12 heavy (non-hydrogen) atoms. The molecular weight excluding hydrogens is 172 g/mol. The second-order valence-electron chi connectivity index (χ2n) is 2.67. The number of rotatable bonds is 3. The highest BCUT2D eigenvalue weighted by atomic mass is 32.2. The van der Waals surface area contributed by atoms with Crippen LogP contribution in [0.15, 0.2) is 35.2 Å². The molecular formula is C9H12O2S. The minimum atomic E-state index is -1.06. The molecule has 1 N–H and O–H groups in total. The van der Waals surface area contributed by atoms with Gasteiger partial charge in [-0.25, -0.2) is 0 Å². The summed E-state index contributed by atoms with van der Waals surface area (Å²) in [5.74, 6) is 0.310. The van der Waals surface area contributed by atoms with Crippen LogP contribution >= 0.6 is 0 Å². The summed E-state index contributed by atoms with van der Waals surface area (Å²) in [6, 6.07) is 9.17. The van der Waals surface area contributed by atoms with Gasteiger partial charge in [0.2, 0.25) is 0 Å². The molecule has 1 rings (SSSR count). The molecule has 0 heterocycles. The summed E-state index contributed by atoms with van der Waals surface area (Å²) < 4.78 is 11.4. The molecule has 0 amide bonds. The first-order valence-corrected chi connectivity index (χ1v) is 5.13. The van der Waals surface area contributed by atoms with Gasteiger partial charge in [0.1, 0.15) is 0 Å². The minimum absolute atomic E-state index is 0.310. The van der Waals surface area contributed by atoms with Crippen LogP contribution in [0.5, 0.6) is 0 Å². The SMILES string of the molecule is C[C@@H](O)C[S@](=O)c1ccccc1. The van der Waals surface area contributed by atoms with Crippen molar-refractivity contribution in [3.63, 3.8) is 0 Å².